The Hall–Kier alpha value is -2.29. The number of Topliss-reactive ketones (excluding diaryl/α,β-unsaturated/α-hetero) is 1. The first-order valence-corrected chi connectivity index (χ1v) is 6.67. The van der Waals surface area contributed by atoms with Gasteiger partial charge >= 0.3 is 0 Å². The molecule has 20 heavy (non-hydrogen) atoms. The molecular weight excluding hydrogens is 252 g/mol. The van der Waals surface area contributed by atoms with E-state index in [0.717, 1.165) is 5.56 Å². The Kier molecular flexibility index (Phi) is 3.18. The van der Waals surface area contributed by atoms with E-state index in [-0.39, 0.29) is 12.2 Å². The summed E-state index contributed by atoms with van der Waals surface area (Å²) in [5.41, 5.74) is 1.08. The topological polar surface area (TPSA) is 35.5 Å². The first-order chi connectivity index (χ1) is 9.67. The summed E-state index contributed by atoms with van der Waals surface area (Å²) in [6.45, 7) is 1.56. The zero-order valence-corrected chi connectivity index (χ0v) is 11.3. The number of rotatable bonds is 4. The zero-order chi connectivity index (χ0) is 14.0. The molecule has 2 aromatic carbocycles. The van der Waals surface area contributed by atoms with Gasteiger partial charge in [0.15, 0.2) is 11.5 Å². The zero-order valence-electron chi connectivity index (χ0n) is 11.3. The molecule has 2 aromatic rings. The number of hydrogen-bond acceptors (Lipinski definition) is 3. The fourth-order valence-corrected chi connectivity index (χ4v) is 2.53. The first-order valence-electron chi connectivity index (χ1n) is 6.67. The lowest BCUT2D eigenvalue weighted by molar-refractivity contribution is -0.132. The molecule has 0 saturated carbocycles. The molecule has 1 aliphatic rings. The second kappa shape index (κ2) is 5.00. The molecule has 0 spiro atoms. The van der Waals surface area contributed by atoms with Gasteiger partial charge in [-0.2, -0.15) is 0 Å². The van der Waals surface area contributed by atoms with Crippen LogP contribution in [0.4, 0.5) is 0 Å². The van der Waals surface area contributed by atoms with Gasteiger partial charge < -0.3 is 9.47 Å². The summed E-state index contributed by atoms with van der Waals surface area (Å²) < 4.78 is 11.9. The Morgan fingerprint density at radius 1 is 0.950 bits per heavy atom. The average Bonchev–Trinajstić information content (AvgIpc) is 2.76. The van der Waals surface area contributed by atoms with E-state index in [1.54, 1.807) is 6.92 Å². The SMILES string of the molecule is CC(=O)CC1(Cc2ccccc2)Oc2ccccc2O1. The second-order valence-electron chi connectivity index (χ2n) is 5.10. The molecule has 0 bridgehead atoms. The van der Waals surface area contributed by atoms with Gasteiger partial charge in [0.25, 0.3) is 5.79 Å². The van der Waals surface area contributed by atoms with E-state index < -0.39 is 5.79 Å². The van der Waals surface area contributed by atoms with Crippen LogP contribution in [-0.4, -0.2) is 11.6 Å². The molecule has 0 fully saturated rings. The lowest BCUT2D eigenvalue weighted by Crippen LogP contribution is -2.42. The molecule has 3 rings (SSSR count). The summed E-state index contributed by atoms with van der Waals surface area (Å²) in [5.74, 6) is 0.528. The molecule has 0 amide bonds. The third-order valence-corrected chi connectivity index (χ3v) is 3.28. The van der Waals surface area contributed by atoms with Crippen LogP contribution in [0.25, 0.3) is 0 Å². The Morgan fingerprint density at radius 3 is 2.05 bits per heavy atom. The van der Waals surface area contributed by atoms with E-state index in [1.807, 2.05) is 54.6 Å². The molecule has 3 nitrogen and oxygen atoms in total. The number of benzene rings is 2. The van der Waals surface area contributed by atoms with Crippen LogP contribution < -0.4 is 9.47 Å². The number of carbonyl (C=O) groups is 1. The van der Waals surface area contributed by atoms with Gasteiger partial charge in [-0.1, -0.05) is 42.5 Å². The molecule has 0 radical (unpaired) electrons. The van der Waals surface area contributed by atoms with Crippen molar-refractivity contribution in [3.63, 3.8) is 0 Å². The number of fused-ring (bicyclic) bond motifs is 1. The van der Waals surface area contributed by atoms with Crippen molar-refractivity contribution >= 4 is 5.78 Å². The Bertz CT molecular complexity index is 594. The predicted octanol–water partition coefficient (Wildman–Crippen LogP) is 3.38. The molecule has 1 heterocycles. The van der Waals surface area contributed by atoms with Crippen molar-refractivity contribution in [1.82, 2.24) is 0 Å². The van der Waals surface area contributed by atoms with Crippen LogP contribution in [-0.2, 0) is 11.2 Å². The number of ether oxygens (including phenoxy) is 2. The molecule has 0 unspecified atom stereocenters. The normalized spacial score (nSPS) is 15.1. The van der Waals surface area contributed by atoms with E-state index in [0.29, 0.717) is 17.9 Å². The van der Waals surface area contributed by atoms with Gasteiger partial charge in [-0.25, -0.2) is 0 Å². The molecular formula is C17H16O3. The van der Waals surface area contributed by atoms with E-state index in [9.17, 15) is 4.79 Å². The van der Waals surface area contributed by atoms with Crippen LogP contribution >= 0.6 is 0 Å². The van der Waals surface area contributed by atoms with Gasteiger partial charge in [0.1, 0.15) is 5.78 Å². The standard InChI is InChI=1S/C17H16O3/c1-13(18)11-17(12-14-7-3-2-4-8-14)19-15-9-5-6-10-16(15)20-17/h2-10H,11-12H2,1H3. The van der Waals surface area contributed by atoms with Crippen LogP contribution in [0, 0.1) is 0 Å². The molecule has 0 saturated heterocycles. The summed E-state index contributed by atoms with van der Waals surface area (Å²) in [6.07, 6.45) is 0.776. The van der Waals surface area contributed by atoms with Gasteiger partial charge in [0.05, 0.1) is 12.8 Å². The highest BCUT2D eigenvalue weighted by Gasteiger charge is 2.42. The molecule has 0 atom stereocenters. The maximum atomic E-state index is 11.6. The third kappa shape index (κ3) is 2.52. The Morgan fingerprint density at radius 2 is 1.50 bits per heavy atom. The fraction of sp³-hybridized carbons (Fsp3) is 0.235. The monoisotopic (exact) mass is 268 g/mol. The lowest BCUT2D eigenvalue weighted by atomic mass is 10.0. The van der Waals surface area contributed by atoms with Crippen molar-refractivity contribution in [3.05, 3.63) is 60.2 Å². The summed E-state index contributed by atoms with van der Waals surface area (Å²) >= 11 is 0. The van der Waals surface area contributed by atoms with Crippen molar-refractivity contribution in [2.75, 3.05) is 0 Å². The van der Waals surface area contributed by atoms with Gasteiger partial charge in [0.2, 0.25) is 0 Å². The van der Waals surface area contributed by atoms with E-state index >= 15 is 0 Å². The molecule has 1 aliphatic heterocycles. The highest BCUT2D eigenvalue weighted by Crippen LogP contribution is 2.42. The van der Waals surface area contributed by atoms with E-state index in [2.05, 4.69) is 0 Å². The largest absolute Gasteiger partial charge is 0.448 e. The molecule has 0 aliphatic carbocycles. The molecule has 0 aromatic heterocycles. The van der Waals surface area contributed by atoms with Crippen molar-refractivity contribution < 1.29 is 14.3 Å². The van der Waals surface area contributed by atoms with Crippen molar-refractivity contribution in [2.45, 2.75) is 25.6 Å². The van der Waals surface area contributed by atoms with Crippen molar-refractivity contribution in [1.29, 1.82) is 0 Å². The highest BCUT2D eigenvalue weighted by atomic mass is 16.7. The molecule has 0 N–H and O–H groups in total. The van der Waals surface area contributed by atoms with Crippen LogP contribution in [0.5, 0.6) is 11.5 Å². The maximum Gasteiger partial charge on any atom is 0.262 e. The smallest absolute Gasteiger partial charge is 0.262 e. The average molecular weight is 268 g/mol. The summed E-state index contributed by atoms with van der Waals surface area (Å²) in [4.78, 5) is 11.6. The summed E-state index contributed by atoms with van der Waals surface area (Å²) in [6, 6.07) is 17.5. The van der Waals surface area contributed by atoms with Crippen LogP contribution in [0.1, 0.15) is 18.9 Å². The summed E-state index contributed by atoms with van der Waals surface area (Å²) in [5, 5.41) is 0. The Balaban J connectivity index is 1.90. The fourth-order valence-electron chi connectivity index (χ4n) is 2.53. The maximum absolute atomic E-state index is 11.6. The lowest BCUT2D eigenvalue weighted by Gasteiger charge is -2.27. The number of carbonyl (C=O) groups excluding carboxylic acids is 1. The Labute approximate surface area is 118 Å². The van der Waals surface area contributed by atoms with Crippen LogP contribution in [0.3, 0.4) is 0 Å². The number of para-hydroxylation sites is 2. The van der Waals surface area contributed by atoms with E-state index in [4.69, 9.17) is 9.47 Å². The molecule has 102 valence electrons. The number of ketones is 1. The second-order valence-corrected chi connectivity index (χ2v) is 5.10. The minimum absolute atomic E-state index is 0.0498. The van der Waals surface area contributed by atoms with Crippen molar-refractivity contribution in [2.24, 2.45) is 0 Å². The van der Waals surface area contributed by atoms with Crippen LogP contribution in [0.15, 0.2) is 54.6 Å². The first kappa shape index (κ1) is 12.7. The van der Waals surface area contributed by atoms with Crippen molar-refractivity contribution in [3.8, 4) is 11.5 Å². The summed E-state index contributed by atoms with van der Waals surface area (Å²) in [7, 11) is 0. The third-order valence-electron chi connectivity index (χ3n) is 3.28. The molecule has 3 heteroatoms. The van der Waals surface area contributed by atoms with Gasteiger partial charge in [-0.3, -0.25) is 4.79 Å². The van der Waals surface area contributed by atoms with E-state index in [1.165, 1.54) is 0 Å². The van der Waals surface area contributed by atoms with Gasteiger partial charge in [-0.15, -0.1) is 0 Å². The quantitative estimate of drug-likeness (QED) is 0.852. The van der Waals surface area contributed by atoms with Crippen LogP contribution in [0.2, 0.25) is 0 Å². The minimum Gasteiger partial charge on any atom is -0.448 e. The van der Waals surface area contributed by atoms with Gasteiger partial charge in [-0.05, 0) is 24.6 Å². The highest BCUT2D eigenvalue weighted by molar-refractivity contribution is 5.76. The predicted molar refractivity (Wildman–Crippen MR) is 75.9 cm³/mol. The minimum atomic E-state index is -0.920. The number of hydrogen-bond donors (Lipinski definition) is 0. The van der Waals surface area contributed by atoms with Gasteiger partial charge in [0, 0.05) is 0 Å².